The summed E-state index contributed by atoms with van der Waals surface area (Å²) in [4.78, 5) is 5.13. The maximum Gasteiger partial charge on any atom is 0.131 e. The zero-order chi connectivity index (χ0) is 11.0. The number of aromatic amines is 1. The fraction of sp³-hybridized carbons (Fsp3) is 0.167. The Morgan fingerprint density at radius 1 is 1.33 bits per heavy atom. The number of aromatic nitrogens is 1. The minimum absolute atomic E-state index is 0.0672. The van der Waals surface area contributed by atoms with Gasteiger partial charge >= 0.3 is 0 Å². The predicted molar refractivity (Wildman–Crippen MR) is 64.3 cm³/mol. The van der Waals surface area contributed by atoms with Gasteiger partial charge in [-0.05, 0) is 24.3 Å². The molecule has 1 aromatic carbocycles. The Morgan fingerprint density at radius 2 is 2.07 bits per heavy atom. The average Bonchev–Trinajstić information content (AvgIpc) is 2.59. The summed E-state index contributed by atoms with van der Waals surface area (Å²) in [5.74, 6) is 0.0672. The minimum Gasteiger partial charge on any atom is -0.506 e. The molecular formula is C12H14N2O. The number of benzene rings is 1. The van der Waals surface area contributed by atoms with Crippen LogP contribution < -0.4 is 4.90 Å². The lowest BCUT2D eigenvalue weighted by molar-refractivity contribution is 0.511. The van der Waals surface area contributed by atoms with Gasteiger partial charge in [-0.15, -0.1) is 0 Å². The van der Waals surface area contributed by atoms with Crippen molar-refractivity contribution in [1.29, 1.82) is 0 Å². The summed E-state index contributed by atoms with van der Waals surface area (Å²) in [5, 5.41) is 10.3. The molecule has 2 aromatic rings. The van der Waals surface area contributed by atoms with E-state index in [0.29, 0.717) is 5.69 Å². The molecule has 0 radical (unpaired) electrons. The summed E-state index contributed by atoms with van der Waals surface area (Å²) in [6, 6.07) is 7.99. The Balaban J connectivity index is 2.57. The molecule has 0 amide bonds. The third kappa shape index (κ3) is 1.68. The smallest absolute Gasteiger partial charge is 0.131 e. The SMILES string of the molecule is C=C(O)c1cc2cc(N(C)C)ccc2[nH]1. The Bertz CT molecular complexity index is 511. The summed E-state index contributed by atoms with van der Waals surface area (Å²) in [6.07, 6.45) is 0. The third-order valence-corrected chi connectivity index (χ3v) is 2.43. The summed E-state index contributed by atoms with van der Waals surface area (Å²) in [5.41, 5.74) is 2.81. The molecule has 0 aliphatic carbocycles. The van der Waals surface area contributed by atoms with E-state index in [0.717, 1.165) is 16.6 Å². The van der Waals surface area contributed by atoms with E-state index in [9.17, 15) is 5.11 Å². The molecule has 15 heavy (non-hydrogen) atoms. The van der Waals surface area contributed by atoms with Gasteiger partial charge in [0.1, 0.15) is 5.76 Å². The van der Waals surface area contributed by atoms with Crippen LogP contribution in [0.5, 0.6) is 0 Å². The predicted octanol–water partition coefficient (Wildman–Crippen LogP) is 2.76. The monoisotopic (exact) mass is 202 g/mol. The van der Waals surface area contributed by atoms with Crippen molar-refractivity contribution >= 4 is 22.3 Å². The number of nitrogens with zero attached hydrogens (tertiary/aromatic N) is 1. The highest BCUT2D eigenvalue weighted by Gasteiger charge is 2.04. The fourth-order valence-electron chi connectivity index (χ4n) is 1.55. The topological polar surface area (TPSA) is 39.3 Å². The summed E-state index contributed by atoms with van der Waals surface area (Å²) >= 11 is 0. The van der Waals surface area contributed by atoms with E-state index >= 15 is 0 Å². The van der Waals surface area contributed by atoms with Gasteiger partial charge < -0.3 is 15.0 Å². The lowest BCUT2D eigenvalue weighted by atomic mass is 10.2. The number of anilines is 1. The van der Waals surface area contributed by atoms with Crippen molar-refractivity contribution in [3.8, 4) is 0 Å². The van der Waals surface area contributed by atoms with E-state index in [-0.39, 0.29) is 5.76 Å². The van der Waals surface area contributed by atoms with Crippen LogP contribution in [0.25, 0.3) is 16.7 Å². The first-order valence-electron chi connectivity index (χ1n) is 4.76. The van der Waals surface area contributed by atoms with Gasteiger partial charge in [0.05, 0.1) is 5.69 Å². The molecule has 3 nitrogen and oxygen atoms in total. The fourth-order valence-corrected chi connectivity index (χ4v) is 1.55. The number of fused-ring (bicyclic) bond motifs is 1. The van der Waals surface area contributed by atoms with Crippen LogP contribution in [-0.4, -0.2) is 24.2 Å². The second kappa shape index (κ2) is 3.35. The van der Waals surface area contributed by atoms with Crippen LogP contribution in [0.3, 0.4) is 0 Å². The third-order valence-electron chi connectivity index (χ3n) is 2.43. The molecule has 1 heterocycles. The van der Waals surface area contributed by atoms with Gasteiger partial charge in [0.15, 0.2) is 0 Å². The van der Waals surface area contributed by atoms with Crippen LogP contribution in [0.2, 0.25) is 0 Å². The molecular weight excluding hydrogens is 188 g/mol. The molecule has 0 atom stereocenters. The summed E-state index contributed by atoms with van der Waals surface area (Å²) < 4.78 is 0. The van der Waals surface area contributed by atoms with Crippen molar-refractivity contribution in [2.45, 2.75) is 0 Å². The molecule has 3 heteroatoms. The highest BCUT2D eigenvalue weighted by Crippen LogP contribution is 2.23. The van der Waals surface area contributed by atoms with Gasteiger partial charge in [0.25, 0.3) is 0 Å². The van der Waals surface area contributed by atoms with E-state index in [2.05, 4.69) is 17.6 Å². The van der Waals surface area contributed by atoms with E-state index in [1.54, 1.807) is 0 Å². The highest BCUT2D eigenvalue weighted by molar-refractivity contribution is 5.86. The van der Waals surface area contributed by atoms with Crippen LogP contribution in [0.15, 0.2) is 30.8 Å². The van der Waals surface area contributed by atoms with Crippen LogP contribution >= 0.6 is 0 Å². The molecule has 0 spiro atoms. The van der Waals surface area contributed by atoms with Gasteiger partial charge in [-0.25, -0.2) is 0 Å². The Kier molecular flexibility index (Phi) is 2.15. The molecule has 0 aliphatic rings. The lowest BCUT2D eigenvalue weighted by Crippen LogP contribution is -2.07. The maximum atomic E-state index is 9.27. The molecule has 2 N–H and O–H groups in total. The van der Waals surface area contributed by atoms with E-state index in [1.165, 1.54) is 0 Å². The van der Waals surface area contributed by atoms with E-state index < -0.39 is 0 Å². The van der Waals surface area contributed by atoms with Crippen LogP contribution in [0, 0.1) is 0 Å². The number of nitrogens with one attached hydrogen (secondary N) is 1. The standard InChI is InChI=1S/C12H14N2O/c1-8(15)12-7-9-6-10(14(2)3)4-5-11(9)13-12/h4-7,13,15H,1H2,2-3H3. The lowest BCUT2D eigenvalue weighted by Gasteiger charge is -2.11. The average molecular weight is 202 g/mol. The molecule has 0 aliphatic heterocycles. The van der Waals surface area contributed by atoms with Crippen molar-refractivity contribution in [1.82, 2.24) is 4.98 Å². The van der Waals surface area contributed by atoms with Crippen molar-refractivity contribution < 1.29 is 5.11 Å². The highest BCUT2D eigenvalue weighted by atomic mass is 16.3. The first kappa shape index (κ1) is 9.65. The maximum absolute atomic E-state index is 9.27. The zero-order valence-electron chi connectivity index (χ0n) is 8.91. The zero-order valence-corrected chi connectivity index (χ0v) is 8.91. The number of aliphatic hydroxyl groups excluding tert-OH is 1. The van der Waals surface area contributed by atoms with Gasteiger partial charge in [-0.3, -0.25) is 0 Å². The van der Waals surface area contributed by atoms with E-state index in [4.69, 9.17) is 0 Å². The Labute approximate surface area is 88.6 Å². The second-order valence-electron chi connectivity index (χ2n) is 3.80. The Morgan fingerprint density at radius 3 is 2.67 bits per heavy atom. The number of hydrogen-bond acceptors (Lipinski definition) is 2. The molecule has 0 fully saturated rings. The molecule has 0 saturated heterocycles. The number of H-pyrrole nitrogens is 1. The van der Waals surface area contributed by atoms with Crippen molar-refractivity contribution in [2.24, 2.45) is 0 Å². The molecule has 0 bridgehead atoms. The van der Waals surface area contributed by atoms with Gasteiger partial charge in [0, 0.05) is 30.7 Å². The van der Waals surface area contributed by atoms with Gasteiger partial charge in [-0.2, -0.15) is 0 Å². The first-order valence-corrected chi connectivity index (χ1v) is 4.76. The summed E-state index contributed by atoms with van der Waals surface area (Å²) in [6.45, 7) is 3.49. The molecule has 2 rings (SSSR count). The number of aliphatic hydroxyl groups is 1. The molecule has 78 valence electrons. The van der Waals surface area contributed by atoms with Crippen LogP contribution in [0.4, 0.5) is 5.69 Å². The normalized spacial score (nSPS) is 10.5. The van der Waals surface area contributed by atoms with Crippen LogP contribution in [-0.2, 0) is 0 Å². The molecule has 1 aromatic heterocycles. The summed E-state index contributed by atoms with van der Waals surface area (Å²) in [7, 11) is 4.00. The van der Waals surface area contributed by atoms with Gasteiger partial charge in [-0.1, -0.05) is 6.58 Å². The second-order valence-corrected chi connectivity index (χ2v) is 3.80. The van der Waals surface area contributed by atoms with Crippen LogP contribution in [0.1, 0.15) is 5.69 Å². The van der Waals surface area contributed by atoms with Gasteiger partial charge in [0.2, 0.25) is 0 Å². The van der Waals surface area contributed by atoms with Crippen molar-refractivity contribution in [3.63, 3.8) is 0 Å². The Hall–Kier alpha value is -1.90. The first-order chi connectivity index (χ1) is 7.08. The molecule has 0 saturated carbocycles. The number of rotatable bonds is 2. The van der Waals surface area contributed by atoms with Crippen molar-refractivity contribution in [2.75, 3.05) is 19.0 Å². The molecule has 0 unspecified atom stereocenters. The van der Waals surface area contributed by atoms with E-state index in [1.807, 2.05) is 37.2 Å². The van der Waals surface area contributed by atoms with Crippen molar-refractivity contribution in [3.05, 3.63) is 36.5 Å². The quantitative estimate of drug-likeness (QED) is 0.735. The largest absolute Gasteiger partial charge is 0.506 e. The number of hydrogen-bond donors (Lipinski definition) is 2. The minimum atomic E-state index is 0.0672.